The van der Waals surface area contributed by atoms with E-state index in [4.69, 9.17) is 0 Å². The fraction of sp³-hybridized carbons (Fsp3) is 0.636. The highest BCUT2D eigenvalue weighted by molar-refractivity contribution is 5.93. The van der Waals surface area contributed by atoms with Crippen molar-refractivity contribution in [3.8, 4) is 0 Å². The minimum Gasteiger partial charge on any atom is -0.464 e. The van der Waals surface area contributed by atoms with E-state index in [-0.39, 0.29) is 11.6 Å². The van der Waals surface area contributed by atoms with Gasteiger partial charge in [0.1, 0.15) is 5.70 Å². The number of carbonyl (C=O) groups is 2. The van der Waals surface area contributed by atoms with Crippen molar-refractivity contribution in [2.75, 3.05) is 7.11 Å². The minimum absolute atomic E-state index is 0.00186. The van der Waals surface area contributed by atoms with Crippen molar-refractivity contribution in [3.63, 3.8) is 0 Å². The van der Waals surface area contributed by atoms with Crippen LogP contribution in [0.15, 0.2) is 12.3 Å². The SMILES string of the molecule is C=C(NC(=O)CCCCCC)C(=O)OC. The Morgan fingerprint density at radius 1 is 1.27 bits per heavy atom. The Labute approximate surface area is 90.7 Å². The van der Waals surface area contributed by atoms with Crippen LogP contribution in [0.25, 0.3) is 0 Å². The number of hydrogen-bond acceptors (Lipinski definition) is 3. The Morgan fingerprint density at radius 2 is 1.93 bits per heavy atom. The molecule has 0 aliphatic heterocycles. The first-order valence-electron chi connectivity index (χ1n) is 5.18. The van der Waals surface area contributed by atoms with Gasteiger partial charge in [-0.05, 0) is 6.42 Å². The van der Waals surface area contributed by atoms with Gasteiger partial charge < -0.3 is 10.1 Å². The van der Waals surface area contributed by atoms with Crippen LogP contribution in [-0.4, -0.2) is 19.0 Å². The van der Waals surface area contributed by atoms with Gasteiger partial charge in [0.25, 0.3) is 0 Å². The first-order chi connectivity index (χ1) is 7.11. The molecule has 0 rings (SSSR count). The predicted molar refractivity (Wildman–Crippen MR) is 58.1 cm³/mol. The van der Waals surface area contributed by atoms with Crippen molar-refractivity contribution >= 4 is 11.9 Å². The second-order valence-corrected chi connectivity index (χ2v) is 3.33. The number of unbranched alkanes of at least 4 members (excludes halogenated alkanes) is 3. The Bertz CT molecular complexity index is 236. The molecule has 0 unspecified atom stereocenters. The second-order valence-electron chi connectivity index (χ2n) is 3.33. The topological polar surface area (TPSA) is 55.4 Å². The van der Waals surface area contributed by atoms with E-state index in [0.717, 1.165) is 25.7 Å². The largest absolute Gasteiger partial charge is 0.464 e. The third-order valence-electron chi connectivity index (χ3n) is 1.98. The van der Waals surface area contributed by atoms with Gasteiger partial charge in [0.05, 0.1) is 7.11 Å². The summed E-state index contributed by atoms with van der Waals surface area (Å²) in [5, 5.41) is 2.40. The van der Waals surface area contributed by atoms with E-state index in [9.17, 15) is 9.59 Å². The average molecular weight is 213 g/mol. The fourth-order valence-electron chi connectivity index (χ4n) is 1.12. The lowest BCUT2D eigenvalue weighted by atomic mass is 10.1. The van der Waals surface area contributed by atoms with E-state index in [0.29, 0.717) is 6.42 Å². The van der Waals surface area contributed by atoms with Gasteiger partial charge in [0.15, 0.2) is 0 Å². The van der Waals surface area contributed by atoms with Crippen LogP contribution in [0.4, 0.5) is 0 Å². The van der Waals surface area contributed by atoms with E-state index < -0.39 is 5.97 Å². The molecule has 0 saturated heterocycles. The molecule has 4 heteroatoms. The van der Waals surface area contributed by atoms with Crippen LogP contribution in [-0.2, 0) is 14.3 Å². The first-order valence-corrected chi connectivity index (χ1v) is 5.18. The maximum atomic E-state index is 11.3. The molecule has 4 nitrogen and oxygen atoms in total. The molecule has 0 aromatic heterocycles. The van der Waals surface area contributed by atoms with Crippen molar-refractivity contribution in [2.24, 2.45) is 0 Å². The van der Waals surface area contributed by atoms with Crippen LogP contribution in [0.5, 0.6) is 0 Å². The standard InChI is InChI=1S/C11H19NO3/c1-4-5-6-7-8-10(13)12-9(2)11(14)15-3/h2,4-8H2,1,3H3,(H,12,13). The molecule has 0 heterocycles. The molecule has 0 saturated carbocycles. The van der Waals surface area contributed by atoms with Crippen LogP contribution < -0.4 is 5.32 Å². The molecule has 86 valence electrons. The Kier molecular flexibility index (Phi) is 7.32. The highest BCUT2D eigenvalue weighted by Crippen LogP contribution is 2.02. The number of nitrogens with one attached hydrogen (secondary N) is 1. The summed E-state index contributed by atoms with van der Waals surface area (Å²) in [6, 6.07) is 0. The molecular weight excluding hydrogens is 194 g/mol. The monoisotopic (exact) mass is 213 g/mol. The van der Waals surface area contributed by atoms with E-state index in [1.807, 2.05) is 0 Å². The van der Waals surface area contributed by atoms with Crippen LogP contribution >= 0.6 is 0 Å². The lowest BCUT2D eigenvalue weighted by Crippen LogP contribution is -2.27. The molecule has 0 atom stereocenters. The lowest BCUT2D eigenvalue weighted by Gasteiger charge is -2.05. The van der Waals surface area contributed by atoms with Gasteiger partial charge in [-0.3, -0.25) is 4.79 Å². The number of amides is 1. The molecule has 0 radical (unpaired) electrons. The highest BCUT2D eigenvalue weighted by Gasteiger charge is 2.09. The van der Waals surface area contributed by atoms with Crippen LogP contribution in [0, 0.1) is 0 Å². The van der Waals surface area contributed by atoms with E-state index in [2.05, 4.69) is 23.6 Å². The van der Waals surface area contributed by atoms with Gasteiger partial charge >= 0.3 is 5.97 Å². The van der Waals surface area contributed by atoms with Crippen LogP contribution in [0.2, 0.25) is 0 Å². The molecule has 0 aliphatic carbocycles. The maximum absolute atomic E-state index is 11.3. The van der Waals surface area contributed by atoms with Crippen LogP contribution in [0.1, 0.15) is 39.0 Å². The number of rotatable bonds is 7. The molecule has 15 heavy (non-hydrogen) atoms. The minimum atomic E-state index is -0.600. The Balaban J connectivity index is 3.65. The summed E-state index contributed by atoms with van der Waals surface area (Å²) < 4.78 is 4.40. The van der Waals surface area contributed by atoms with Gasteiger partial charge in [-0.1, -0.05) is 32.8 Å². The number of hydrogen-bond donors (Lipinski definition) is 1. The van der Waals surface area contributed by atoms with Crippen molar-refractivity contribution < 1.29 is 14.3 Å². The molecular formula is C11H19NO3. The normalized spacial score (nSPS) is 9.47. The van der Waals surface area contributed by atoms with Crippen molar-refractivity contribution in [2.45, 2.75) is 39.0 Å². The number of esters is 1. The summed E-state index contributed by atoms with van der Waals surface area (Å²) in [4.78, 5) is 22.1. The quantitative estimate of drug-likeness (QED) is 0.398. The number of carbonyl (C=O) groups excluding carboxylic acids is 2. The molecule has 0 aromatic rings. The van der Waals surface area contributed by atoms with E-state index in [1.54, 1.807) is 0 Å². The van der Waals surface area contributed by atoms with E-state index in [1.165, 1.54) is 7.11 Å². The van der Waals surface area contributed by atoms with Gasteiger partial charge in [0.2, 0.25) is 5.91 Å². The summed E-state index contributed by atoms with van der Waals surface area (Å²) in [6.07, 6.45) is 4.57. The summed E-state index contributed by atoms with van der Waals surface area (Å²) >= 11 is 0. The zero-order valence-corrected chi connectivity index (χ0v) is 9.47. The highest BCUT2D eigenvalue weighted by atomic mass is 16.5. The van der Waals surface area contributed by atoms with E-state index >= 15 is 0 Å². The molecule has 0 aliphatic rings. The third-order valence-corrected chi connectivity index (χ3v) is 1.98. The van der Waals surface area contributed by atoms with Crippen LogP contribution in [0.3, 0.4) is 0 Å². The van der Waals surface area contributed by atoms with Crippen molar-refractivity contribution in [1.29, 1.82) is 0 Å². The first kappa shape index (κ1) is 13.7. The molecule has 1 amide bonds. The third kappa shape index (κ3) is 6.71. The molecule has 0 aromatic carbocycles. The fourth-order valence-corrected chi connectivity index (χ4v) is 1.12. The Morgan fingerprint density at radius 3 is 2.47 bits per heavy atom. The maximum Gasteiger partial charge on any atom is 0.353 e. The van der Waals surface area contributed by atoms with Gasteiger partial charge in [-0.25, -0.2) is 4.79 Å². The summed E-state index contributed by atoms with van der Waals surface area (Å²) in [5.41, 5.74) is -0.00186. The summed E-state index contributed by atoms with van der Waals surface area (Å²) in [5.74, 6) is -0.779. The zero-order valence-electron chi connectivity index (χ0n) is 9.47. The molecule has 0 bridgehead atoms. The van der Waals surface area contributed by atoms with Crippen molar-refractivity contribution in [1.82, 2.24) is 5.32 Å². The van der Waals surface area contributed by atoms with Gasteiger partial charge in [0, 0.05) is 6.42 Å². The molecule has 1 N–H and O–H groups in total. The van der Waals surface area contributed by atoms with Gasteiger partial charge in [-0.15, -0.1) is 0 Å². The number of methoxy groups -OCH3 is 1. The Hall–Kier alpha value is -1.32. The zero-order chi connectivity index (χ0) is 11.7. The smallest absolute Gasteiger partial charge is 0.353 e. The molecule has 0 fully saturated rings. The number of ether oxygens (including phenoxy) is 1. The summed E-state index contributed by atoms with van der Waals surface area (Å²) in [6.45, 7) is 5.51. The van der Waals surface area contributed by atoms with Gasteiger partial charge in [-0.2, -0.15) is 0 Å². The summed E-state index contributed by atoms with van der Waals surface area (Å²) in [7, 11) is 1.25. The predicted octanol–water partition coefficient (Wildman–Crippen LogP) is 1.76. The van der Waals surface area contributed by atoms with Crippen molar-refractivity contribution in [3.05, 3.63) is 12.3 Å². The lowest BCUT2D eigenvalue weighted by molar-refractivity contribution is -0.137. The second kappa shape index (κ2) is 8.03. The molecule has 0 spiro atoms. The average Bonchev–Trinajstić information content (AvgIpc) is 2.23.